The molecule has 0 saturated heterocycles. The third-order valence-electron chi connectivity index (χ3n) is 3.63. The summed E-state index contributed by atoms with van der Waals surface area (Å²) in [6.45, 7) is 10.1. The quantitative estimate of drug-likeness (QED) is 0.735. The number of hydrogen-bond acceptors (Lipinski definition) is 4. The largest absolute Gasteiger partial charge is 0.370 e. The molecule has 0 radical (unpaired) electrons. The van der Waals surface area contributed by atoms with E-state index in [1.807, 2.05) is 6.92 Å². The SMILES string of the molecule is CCCNc1nc(C(OCC)C2CC2)nc(C(C)C)c1Br. The normalized spacial score (nSPS) is 16.3. The summed E-state index contributed by atoms with van der Waals surface area (Å²) < 4.78 is 6.90. The van der Waals surface area contributed by atoms with E-state index in [1.165, 1.54) is 12.8 Å². The molecule has 1 aromatic heterocycles. The van der Waals surface area contributed by atoms with Gasteiger partial charge in [-0.2, -0.15) is 0 Å². The minimum atomic E-state index is 0.0442. The predicted molar refractivity (Wildman–Crippen MR) is 89.7 cm³/mol. The van der Waals surface area contributed by atoms with Crippen molar-refractivity contribution in [2.24, 2.45) is 5.92 Å². The predicted octanol–water partition coefficient (Wildman–Crippen LogP) is 4.67. The summed E-state index contributed by atoms with van der Waals surface area (Å²) >= 11 is 3.66. The molecule has 1 N–H and O–H groups in total. The number of aromatic nitrogens is 2. The first kappa shape index (κ1) is 16.7. The Morgan fingerprint density at radius 3 is 2.52 bits per heavy atom. The Labute approximate surface area is 136 Å². The molecular weight excluding hydrogens is 330 g/mol. The Balaban J connectivity index is 2.36. The van der Waals surface area contributed by atoms with Gasteiger partial charge in [0, 0.05) is 13.2 Å². The topological polar surface area (TPSA) is 47.0 Å². The third-order valence-corrected chi connectivity index (χ3v) is 4.42. The van der Waals surface area contributed by atoms with Gasteiger partial charge in [0.15, 0.2) is 5.82 Å². The summed E-state index contributed by atoms with van der Waals surface area (Å²) in [5.74, 6) is 2.68. The Bertz CT molecular complexity index is 475. The van der Waals surface area contributed by atoms with Crippen LogP contribution >= 0.6 is 15.9 Å². The Morgan fingerprint density at radius 1 is 1.29 bits per heavy atom. The monoisotopic (exact) mass is 355 g/mol. The molecular formula is C16H26BrN3O. The molecule has 0 amide bonds. The molecule has 0 spiro atoms. The summed E-state index contributed by atoms with van der Waals surface area (Å²) in [5, 5.41) is 3.40. The van der Waals surface area contributed by atoms with Gasteiger partial charge in [-0.15, -0.1) is 0 Å². The van der Waals surface area contributed by atoms with Gasteiger partial charge in [0.1, 0.15) is 11.9 Å². The van der Waals surface area contributed by atoms with E-state index in [9.17, 15) is 0 Å². The number of anilines is 1. The zero-order chi connectivity index (χ0) is 15.4. The second-order valence-corrected chi connectivity index (χ2v) is 6.72. The zero-order valence-corrected chi connectivity index (χ0v) is 15.0. The van der Waals surface area contributed by atoms with Crippen molar-refractivity contribution in [3.8, 4) is 0 Å². The Kier molecular flexibility index (Phi) is 5.99. The molecule has 1 heterocycles. The average Bonchev–Trinajstić information content (AvgIpc) is 3.28. The van der Waals surface area contributed by atoms with Crippen LogP contribution in [0.25, 0.3) is 0 Å². The highest BCUT2D eigenvalue weighted by Gasteiger charge is 2.35. The van der Waals surface area contributed by atoms with Gasteiger partial charge in [0.2, 0.25) is 0 Å². The molecule has 1 aliphatic rings. The van der Waals surface area contributed by atoms with Crippen molar-refractivity contribution in [1.29, 1.82) is 0 Å². The van der Waals surface area contributed by atoms with Crippen LogP contribution in [0.15, 0.2) is 4.47 Å². The van der Waals surface area contributed by atoms with Gasteiger partial charge in [0.25, 0.3) is 0 Å². The highest BCUT2D eigenvalue weighted by Crippen LogP contribution is 2.43. The number of nitrogens with one attached hydrogen (secondary N) is 1. The fourth-order valence-corrected chi connectivity index (χ4v) is 3.13. The molecule has 1 atom stereocenters. The smallest absolute Gasteiger partial charge is 0.160 e. The van der Waals surface area contributed by atoms with Crippen molar-refractivity contribution in [2.75, 3.05) is 18.5 Å². The van der Waals surface area contributed by atoms with Crippen molar-refractivity contribution < 1.29 is 4.74 Å². The maximum Gasteiger partial charge on any atom is 0.160 e. The van der Waals surface area contributed by atoms with E-state index in [4.69, 9.17) is 14.7 Å². The maximum atomic E-state index is 5.92. The van der Waals surface area contributed by atoms with Crippen LogP contribution in [-0.4, -0.2) is 23.1 Å². The number of ether oxygens (including phenoxy) is 1. The van der Waals surface area contributed by atoms with Gasteiger partial charge >= 0.3 is 0 Å². The molecule has 1 aliphatic carbocycles. The number of nitrogens with zero attached hydrogens (tertiary/aromatic N) is 2. The summed E-state index contributed by atoms with van der Waals surface area (Å²) in [5.41, 5.74) is 1.06. The van der Waals surface area contributed by atoms with Gasteiger partial charge in [-0.25, -0.2) is 9.97 Å². The van der Waals surface area contributed by atoms with Crippen LogP contribution in [0.5, 0.6) is 0 Å². The van der Waals surface area contributed by atoms with Crippen molar-refractivity contribution >= 4 is 21.7 Å². The molecule has 5 heteroatoms. The van der Waals surface area contributed by atoms with Crippen molar-refractivity contribution in [1.82, 2.24) is 9.97 Å². The lowest BCUT2D eigenvalue weighted by Crippen LogP contribution is -2.16. The van der Waals surface area contributed by atoms with Crippen LogP contribution in [0.4, 0.5) is 5.82 Å². The first-order chi connectivity index (χ1) is 10.1. The van der Waals surface area contributed by atoms with Gasteiger partial charge in [-0.1, -0.05) is 20.8 Å². The lowest BCUT2D eigenvalue weighted by molar-refractivity contribution is 0.0399. The van der Waals surface area contributed by atoms with Gasteiger partial charge in [-0.3, -0.25) is 0 Å². The van der Waals surface area contributed by atoms with Crippen LogP contribution in [0.2, 0.25) is 0 Å². The van der Waals surface area contributed by atoms with E-state index >= 15 is 0 Å². The van der Waals surface area contributed by atoms with E-state index in [0.717, 1.165) is 34.8 Å². The Morgan fingerprint density at radius 2 is 2.00 bits per heavy atom. The van der Waals surface area contributed by atoms with E-state index in [0.29, 0.717) is 18.4 Å². The highest BCUT2D eigenvalue weighted by atomic mass is 79.9. The number of halogens is 1. The molecule has 21 heavy (non-hydrogen) atoms. The molecule has 0 bridgehead atoms. The maximum absolute atomic E-state index is 5.92. The summed E-state index contributed by atoms with van der Waals surface area (Å²) in [7, 11) is 0. The lowest BCUT2D eigenvalue weighted by atomic mass is 10.1. The van der Waals surface area contributed by atoms with Crippen molar-refractivity contribution in [3.63, 3.8) is 0 Å². The second-order valence-electron chi connectivity index (χ2n) is 5.92. The summed E-state index contributed by atoms with van der Waals surface area (Å²) in [4.78, 5) is 9.54. The molecule has 0 aliphatic heterocycles. The molecule has 1 fully saturated rings. The van der Waals surface area contributed by atoms with Crippen LogP contribution in [0.3, 0.4) is 0 Å². The van der Waals surface area contributed by atoms with Gasteiger partial charge < -0.3 is 10.1 Å². The summed E-state index contributed by atoms with van der Waals surface area (Å²) in [6.07, 6.45) is 3.56. The van der Waals surface area contributed by atoms with Gasteiger partial charge in [-0.05, 0) is 54.0 Å². The fourth-order valence-electron chi connectivity index (χ4n) is 2.35. The third kappa shape index (κ3) is 4.16. The number of rotatable bonds is 8. The first-order valence-corrected chi connectivity index (χ1v) is 8.80. The average molecular weight is 356 g/mol. The molecule has 1 saturated carbocycles. The Hall–Kier alpha value is -0.680. The van der Waals surface area contributed by atoms with E-state index in [-0.39, 0.29) is 6.10 Å². The van der Waals surface area contributed by atoms with E-state index < -0.39 is 0 Å². The molecule has 0 aromatic carbocycles. The first-order valence-electron chi connectivity index (χ1n) is 8.01. The van der Waals surface area contributed by atoms with Crippen LogP contribution in [0.1, 0.15) is 70.5 Å². The van der Waals surface area contributed by atoms with Crippen molar-refractivity contribution in [2.45, 2.75) is 59.0 Å². The minimum absolute atomic E-state index is 0.0442. The standard InChI is InChI=1S/C16H26BrN3O/c1-5-9-18-15-12(17)13(10(3)4)19-16(20-15)14(21-6-2)11-7-8-11/h10-11,14H,5-9H2,1-4H3,(H,18,19,20). The van der Waals surface area contributed by atoms with Gasteiger partial charge in [0.05, 0.1) is 10.2 Å². The highest BCUT2D eigenvalue weighted by molar-refractivity contribution is 9.10. The fraction of sp³-hybridized carbons (Fsp3) is 0.750. The minimum Gasteiger partial charge on any atom is -0.370 e. The number of hydrogen-bond donors (Lipinski definition) is 1. The molecule has 1 unspecified atom stereocenters. The van der Waals surface area contributed by atoms with Crippen LogP contribution < -0.4 is 5.32 Å². The zero-order valence-electron chi connectivity index (χ0n) is 13.4. The molecule has 1 aromatic rings. The van der Waals surface area contributed by atoms with E-state index in [1.54, 1.807) is 0 Å². The summed E-state index contributed by atoms with van der Waals surface area (Å²) in [6, 6.07) is 0. The van der Waals surface area contributed by atoms with Crippen LogP contribution in [-0.2, 0) is 4.74 Å². The lowest BCUT2D eigenvalue weighted by Gasteiger charge is -2.20. The van der Waals surface area contributed by atoms with Crippen molar-refractivity contribution in [3.05, 3.63) is 16.0 Å². The second kappa shape index (κ2) is 7.54. The van der Waals surface area contributed by atoms with E-state index in [2.05, 4.69) is 42.0 Å². The van der Waals surface area contributed by atoms with Crippen LogP contribution in [0, 0.1) is 5.92 Å². The molecule has 2 rings (SSSR count). The molecule has 118 valence electrons. The molecule has 4 nitrogen and oxygen atoms in total.